The van der Waals surface area contributed by atoms with Crippen LogP contribution in [-0.2, 0) is 0 Å². The Morgan fingerprint density at radius 1 is 1.52 bits per heavy atom. The van der Waals surface area contributed by atoms with E-state index < -0.39 is 5.91 Å². The minimum atomic E-state index is -0.516. The van der Waals surface area contributed by atoms with Gasteiger partial charge >= 0.3 is 0 Å². The minimum Gasteiger partial charge on any atom is -0.365 e. The Kier molecular flexibility index (Phi) is 3.59. The number of hydrogen-bond donors (Lipinski definition) is 2. The van der Waals surface area contributed by atoms with Crippen molar-refractivity contribution < 1.29 is 4.79 Å². The molecule has 2 aromatic heterocycles. The van der Waals surface area contributed by atoms with Gasteiger partial charge in [0.2, 0.25) is 0 Å². The van der Waals surface area contributed by atoms with E-state index in [9.17, 15) is 4.79 Å². The van der Waals surface area contributed by atoms with Gasteiger partial charge in [0.1, 0.15) is 17.7 Å². The number of aromatic nitrogens is 3. The summed E-state index contributed by atoms with van der Waals surface area (Å²) in [6.45, 7) is 1.06. The molecule has 6 nitrogen and oxygen atoms in total. The molecule has 3 heterocycles. The maximum absolute atomic E-state index is 11.7. The number of carbonyl (C=O) groups excluding carboxylic acids is 1. The van der Waals surface area contributed by atoms with Crippen LogP contribution < -0.4 is 5.73 Å². The van der Waals surface area contributed by atoms with E-state index >= 15 is 0 Å². The lowest BCUT2D eigenvalue weighted by atomic mass is 10.0. The fraction of sp³-hybridized carbons (Fsp3) is 0.400. The second-order valence-corrected chi connectivity index (χ2v) is 5.29. The normalized spacial score (nSPS) is 19.2. The molecule has 1 fully saturated rings. The molecule has 21 heavy (non-hydrogen) atoms. The summed E-state index contributed by atoms with van der Waals surface area (Å²) in [7, 11) is 2.07. The van der Waals surface area contributed by atoms with Gasteiger partial charge < -0.3 is 10.7 Å². The highest BCUT2D eigenvalue weighted by Gasteiger charge is 2.18. The molecular weight excluding hydrogens is 266 g/mol. The largest absolute Gasteiger partial charge is 0.365 e. The van der Waals surface area contributed by atoms with Crippen molar-refractivity contribution in [1.82, 2.24) is 19.9 Å². The number of amides is 1. The van der Waals surface area contributed by atoms with E-state index in [0.717, 1.165) is 13.0 Å². The summed E-state index contributed by atoms with van der Waals surface area (Å²) >= 11 is 0. The van der Waals surface area contributed by atoms with Gasteiger partial charge in [0.15, 0.2) is 0 Å². The van der Waals surface area contributed by atoms with E-state index in [2.05, 4.69) is 38.7 Å². The number of nitrogens with zero attached hydrogens (tertiary/aromatic N) is 3. The van der Waals surface area contributed by atoms with Crippen LogP contribution >= 0.6 is 0 Å². The zero-order valence-electron chi connectivity index (χ0n) is 11.9. The standard InChI is InChI=1S/C15H17N5O/c1-20-7-3-2-4-10(20)5-6-12-13(14(16)21)11-8-17-9-18-15(11)19-12/h8-10H,2-4,7H2,1H3,(H2,16,21)(H,17,18,19). The van der Waals surface area contributed by atoms with Crippen LogP contribution in [0.15, 0.2) is 12.5 Å². The summed E-state index contributed by atoms with van der Waals surface area (Å²) < 4.78 is 0. The zero-order valence-corrected chi connectivity index (χ0v) is 11.9. The highest BCUT2D eigenvalue weighted by molar-refractivity contribution is 6.07. The molecule has 1 atom stereocenters. The van der Waals surface area contributed by atoms with Crippen LogP contribution in [0.5, 0.6) is 0 Å². The number of fused-ring (bicyclic) bond motifs is 1. The van der Waals surface area contributed by atoms with Crippen LogP contribution in [0.1, 0.15) is 35.3 Å². The number of primary amides is 1. The number of nitrogens with one attached hydrogen (secondary N) is 1. The first-order chi connectivity index (χ1) is 10.2. The zero-order chi connectivity index (χ0) is 14.8. The van der Waals surface area contributed by atoms with Gasteiger partial charge in [0.25, 0.3) is 5.91 Å². The van der Waals surface area contributed by atoms with Crippen molar-refractivity contribution >= 4 is 16.9 Å². The summed E-state index contributed by atoms with van der Waals surface area (Å²) in [5.41, 5.74) is 6.95. The first-order valence-electron chi connectivity index (χ1n) is 7.00. The lowest BCUT2D eigenvalue weighted by Gasteiger charge is -2.28. The second-order valence-electron chi connectivity index (χ2n) is 5.29. The predicted octanol–water partition coefficient (Wildman–Crippen LogP) is 0.893. The number of piperidine rings is 1. The fourth-order valence-corrected chi connectivity index (χ4v) is 2.69. The predicted molar refractivity (Wildman–Crippen MR) is 79.6 cm³/mol. The van der Waals surface area contributed by atoms with Crippen molar-refractivity contribution in [2.75, 3.05) is 13.6 Å². The average molecular weight is 283 g/mol. The SMILES string of the molecule is CN1CCCCC1C#Cc1[nH]c2ncncc2c1C(N)=O. The quantitative estimate of drug-likeness (QED) is 0.761. The van der Waals surface area contributed by atoms with E-state index in [-0.39, 0.29) is 6.04 Å². The topological polar surface area (TPSA) is 87.9 Å². The third-order valence-electron chi connectivity index (χ3n) is 3.86. The molecule has 2 aromatic rings. The monoisotopic (exact) mass is 283 g/mol. The molecule has 0 saturated carbocycles. The van der Waals surface area contributed by atoms with Gasteiger partial charge in [-0.1, -0.05) is 5.92 Å². The van der Waals surface area contributed by atoms with E-state index in [1.54, 1.807) is 6.20 Å². The van der Waals surface area contributed by atoms with Crippen LogP contribution in [0, 0.1) is 11.8 Å². The Bertz CT molecular complexity index is 739. The molecule has 1 saturated heterocycles. The number of aromatic amines is 1. The molecule has 1 unspecified atom stereocenters. The van der Waals surface area contributed by atoms with Crippen molar-refractivity contribution in [3.05, 3.63) is 23.8 Å². The van der Waals surface area contributed by atoms with Gasteiger partial charge in [0.05, 0.1) is 17.0 Å². The maximum Gasteiger partial charge on any atom is 0.252 e. The Morgan fingerprint density at radius 2 is 2.38 bits per heavy atom. The minimum absolute atomic E-state index is 0.219. The molecule has 1 aliphatic rings. The molecule has 0 spiro atoms. The van der Waals surface area contributed by atoms with E-state index in [1.165, 1.54) is 19.2 Å². The number of likely N-dealkylation sites (tertiary alicyclic amines) is 1. The van der Waals surface area contributed by atoms with Gasteiger partial charge in [-0.05, 0) is 38.8 Å². The Labute approximate surface area is 122 Å². The number of hydrogen-bond acceptors (Lipinski definition) is 4. The van der Waals surface area contributed by atoms with Crippen LogP contribution in [0.2, 0.25) is 0 Å². The third-order valence-corrected chi connectivity index (χ3v) is 3.86. The lowest BCUT2D eigenvalue weighted by molar-refractivity contribution is 0.100. The average Bonchev–Trinajstić information content (AvgIpc) is 2.85. The molecule has 1 aliphatic heterocycles. The van der Waals surface area contributed by atoms with Gasteiger partial charge in [0, 0.05) is 6.20 Å². The molecule has 3 rings (SSSR count). The van der Waals surface area contributed by atoms with E-state index in [4.69, 9.17) is 5.73 Å². The molecule has 0 aliphatic carbocycles. The summed E-state index contributed by atoms with van der Waals surface area (Å²) in [6.07, 6.45) is 6.45. The Balaban J connectivity index is 2.01. The molecule has 6 heteroatoms. The summed E-state index contributed by atoms with van der Waals surface area (Å²) in [6, 6.07) is 0.219. The number of rotatable bonds is 1. The van der Waals surface area contributed by atoms with Crippen LogP contribution in [0.25, 0.3) is 11.0 Å². The van der Waals surface area contributed by atoms with Crippen LogP contribution in [0.4, 0.5) is 0 Å². The molecule has 0 bridgehead atoms. The first kappa shape index (κ1) is 13.6. The van der Waals surface area contributed by atoms with E-state index in [0.29, 0.717) is 22.3 Å². The van der Waals surface area contributed by atoms with Crippen molar-refractivity contribution in [2.24, 2.45) is 5.73 Å². The van der Waals surface area contributed by atoms with Crippen LogP contribution in [0.3, 0.4) is 0 Å². The molecule has 0 aromatic carbocycles. The highest BCUT2D eigenvalue weighted by atomic mass is 16.1. The molecule has 108 valence electrons. The summed E-state index contributed by atoms with van der Waals surface area (Å²) in [5, 5.41) is 0.617. The summed E-state index contributed by atoms with van der Waals surface area (Å²) in [5.74, 6) is 5.78. The van der Waals surface area contributed by atoms with Crippen molar-refractivity contribution in [2.45, 2.75) is 25.3 Å². The van der Waals surface area contributed by atoms with Crippen molar-refractivity contribution in [1.29, 1.82) is 0 Å². The van der Waals surface area contributed by atoms with Gasteiger partial charge in [-0.2, -0.15) is 0 Å². The molecular formula is C15H17N5O. The van der Waals surface area contributed by atoms with Gasteiger partial charge in [-0.15, -0.1) is 0 Å². The summed E-state index contributed by atoms with van der Waals surface area (Å²) in [4.78, 5) is 25.0. The number of H-pyrrole nitrogens is 1. The Morgan fingerprint density at radius 3 is 3.14 bits per heavy atom. The Hall–Kier alpha value is -2.39. The van der Waals surface area contributed by atoms with Crippen LogP contribution in [-0.4, -0.2) is 45.4 Å². The molecule has 3 N–H and O–H groups in total. The maximum atomic E-state index is 11.7. The smallest absolute Gasteiger partial charge is 0.252 e. The third kappa shape index (κ3) is 2.60. The van der Waals surface area contributed by atoms with Crippen molar-refractivity contribution in [3.8, 4) is 11.8 Å². The van der Waals surface area contributed by atoms with Crippen molar-refractivity contribution in [3.63, 3.8) is 0 Å². The molecule has 1 amide bonds. The number of carbonyl (C=O) groups is 1. The fourth-order valence-electron chi connectivity index (χ4n) is 2.69. The van der Waals surface area contributed by atoms with E-state index in [1.807, 2.05) is 0 Å². The number of nitrogens with two attached hydrogens (primary N) is 1. The molecule has 0 radical (unpaired) electrons. The first-order valence-corrected chi connectivity index (χ1v) is 7.00. The van der Waals surface area contributed by atoms with Gasteiger partial charge in [-0.25, -0.2) is 9.97 Å². The lowest BCUT2D eigenvalue weighted by Crippen LogP contribution is -2.35. The highest BCUT2D eigenvalue weighted by Crippen LogP contribution is 2.19. The second kappa shape index (κ2) is 5.54. The van der Waals surface area contributed by atoms with Gasteiger partial charge in [-0.3, -0.25) is 9.69 Å².